The van der Waals surface area contributed by atoms with Crippen LogP contribution in [0.25, 0.3) is 10.8 Å². The van der Waals surface area contributed by atoms with Crippen LogP contribution in [-0.4, -0.2) is 15.2 Å². The van der Waals surface area contributed by atoms with Crippen LogP contribution in [0.15, 0.2) is 29.1 Å². The van der Waals surface area contributed by atoms with Gasteiger partial charge in [0.2, 0.25) is 0 Å². The van der Waals surface area contributed by atoms with E-state index in [4.69, 9.17) is 5.11 Å². The molecule has 0 unspecified atom stereocenters. The van der Waals surface area contributed by atoms with Crippen LogP contribution in [0, 0.1) is 0 Å². The van der Waals surface area contributed by atoms with Crippen molar-refractivity contribution in [3.8, 4) is 5.75 Å². The standard InChI is InChI=1S/C10H9NO3/c12-5-7-4-6-2-1-3-8(13)9(6)10(14)11-7/h1-4,12-13H,5H2,(H,11,14). The van der Waals surface area contributed by atoms with E-state index in [1.807, 2.05) is 0 Å². The van der Waals surface area contributed by atoms with Crippen molar-refractivity contribution in [2.45, 2.75) is 6.61 Å². The molecule has 0 radical (unpaired) electrons. The van der Waals surface area contributed by atoms with Gasteiger partial charge < -0.3 is 15.2 Å². The Hall–Kier alpha value is -1.81. The second kappa shape index (κ2) is 3.16. The molecule has 0 aliphatic heterocycles. The van der Waals surface area contributed by atoms with Crippen molar-refractivity contribution in [2.24, 2.45) is 0 Å². The highest BCUT2D eigenvalue weighted by atomic mass is 16.3. The maximum atomic E-state index is 11.5. The molecule has 0 bridgehead atoms. The summed E-state index contributed by atoms with van der Waals surface area (Å²) in [5.41, 5.74) is 0.0535. The molecule has 1 heterocycles. The quantitative estimate of drug-likeness (QED) is 0.622. The first-order valence-electron chi connectivity index (χ1n) is 4.17. The smallest absolute Gasteiger partial charge is 0.259 e. The molecule has 2 rings (SSSR count). The van der Waals surface area contributed by atoms with Gasteiger partial charge >= 0.3 is 0 Å². The fraction of sp³-hybridized carbons (Fsp3) is 0.100. The Morgan fingerprint density at radius 3 is 2.86 bits per heavy atom. The number of aliphatic hydroxyl groups is 1. The summed E-state index contributed by atoms with van der Waals surface area (Å²) >= 11 is 0. The zero-order valence-corrected chi connectivity index (χ0v) is 7.32. The third kappa shape index (κ3) is 1.25. The molecule has 0 fully saturated rings. The van der Waals surface area contributed by atoms with E-state index < -0.39 is 0 Å². The Balaban J connectivity index is 2.90. The molecule has 3 N–H and O–H groups in total. The highest BCUT2D eigenvalue weighted by molar-refractivity contribution is 5.87. The fourth-order valence-electron chi connectivity index (χ4n) is 1.44. The number of aromatic nitrogens is 1. The topological polar surface area (TPSA) is 73.3 Å². The number of hydrogen-bond donors (Lipinski definition) is 3. The third-order valence-corrected chi connectivity index (χ3v) is 2.08. The predicted octanol–water partition coefficient (Wildman–Crippen LogP) is 0.726. The molecule has 4 heteroatoms. The number of fused-ring (bicyclic) bond motifs is 1. The van der Waals surface area contributed by atoms with Gasteiger partial charge in [0.05, 0.1) is 12.0 Å². The molecule has 0 saturated heterocycles. The zero-order valence-electron chi connectivity index (χ0n) is 7.32. The molecule has 1 aromatic carbocycles. The summed E-state index contributed by atoms with van der Waals surface area (Å²) in [5.74, 6) is -0.0479. The number of hydrogen-bond acceptors (Lipinski definition) is 3. The number of phenolic OH excluding ortho intramolecular Hbond substituents is 1. The summed E-state index contributed by atoms with van der Waals surface area (Å²) in [7, 11) is 0. The van der Waals surface area contributed by atoms with Gasteiger partial charge in [-0.05, 0) is 17.5 Å². The third-order valence-electron chi connectivity index (χ3n) is 2.08. The lowest BCUT2D eigenvalue weighted by molar-refractivity contribution is 0.277. The van der Waals surface area contributed by atoms with E-state index in [1.165, 1.54) is 6.07 Å². The van der Waals surface area contributed by atoms with Gasteiger partial charge in [0.15, 0.2) is 0 Å². The average molecular weight is 191 g/mol. The largest absolute Gasteiger partial charge is 0.507 e. The number of H-pyrrole nitrogens is 1. The van der Waals surface area contributed by atoms with Crippen LogP contribution >= 0.6 is 0 Å². The van der Waals surface area contributed by atoms with E-state index in [-0.39, 0.29) is 23.3 Å². The molecule has 0 atom stereocenters. The number of pyridine rings is 1. The van der Waals surface area contributed by atoms with Gasteiger partial charge in [-0.15, -0.1) is 0 Å². The molecule has 0 aliphatic rings. The molecule has 2 aromatic rings. The molecule has 4 nitrogen and oxygen atoms in total. The first-order valence-corrected chi connectivity index (χ1v) is 4.17. The monoisotopic (exact) mass is 191 g/mol. The minimum Gasteiger partial charge on any atom is -0.507 e. The van der Waals surface area contributed by atoms with Gasteiger partial charge in [0, 0.05) is 5.69 Å². The summed E-state index contributed by atoms with van der Waals surface area (Å²) in [6, 6.07) is 6.45. The number of rotatable bonds is 1. The normalized spacial score (nSPS) is 10.6. The summed E-state index contributed by atoms with van der Waals surface area (Å²) in [4.78, 5) is 13.9. The van der Waals surface area contributed by atoms with Crippen molar-refractivity contribution < 1.29 is 10.2 Å². The number of aromatic amines is 1. The van der Waals surface area contributed by atoms with E-state index >= 15 is 0 Å². The van der Waals surface area contributed by atoms with Crippen LogP contribution in [0.4, 0.5) is 0 Å². The highest BCUT2D eigenvalue weighted by Crippen LogP contribution is 2.20. The van der Waals surface area contributed by atoms with E-state index in [0.29, 0.717) is 11.1 Å². The van der Waals surface area contributed by atoms with Crippen molar-refractivity contribution in [1.82, 2.24) is 4.98 Å². The number of aliphatic hydroxyl groups excluding tert-OH is 1. The van der Waals surface area contributed by atoms with Crippen LogP contribution in [0.2, 0.25) is 0 Å². The molecular weight excluding hydrogens is 182 g/mol. The SMILES string of the molecule is O=c1[nH]c(CO)cc2cccc(O)c12. The second-order valence-electron chi connectivity index (χ2n) is 3.02. The van der Waals surface area contributed by atoms with Crippen molar-refractivity contribution in [1.29, 1.82) is 0 Å². The zero-order chi connectivity index (χ0) is 10.1. The van der Waals surface area contributed by atoms with Crippen LogP contribution in [-0.2, 0) is 6.61 Å². The second-order valence-corrected chi connectivity index (χ2v) is 3.02. The lowest BCUT2D eigenvalue weighted by atomic mass is 10.1. The Kier molecular flexibility index (Phi) is 1.98. The van der Waals surface area contributed by atoms with E-state index in [9.17, 15) is 9.90 Å². The van der Waals surface area contributed by atoms with Crippen LogP contribution < -0.4 is 5.56 Å². The van der Waals surface area contributed by atoms with Crippen molar-refractivity contribution in [3.63, 3.8) is 0 Å². The van der Waals surface area contributed by atoms with E-state index in [1.54, 1.807) is 18.2 Å². The van der Waals surface area contributed by atoms with Gasteiger partial charge in [0.1, 0.15) is 5.75 Å². The Bertz CT molecular complexity index is 530. The maximum absolute atomic E-state index is 11.5. The predicted molar refractivity (Wildman–Crippen MR) is 52.2 cm³/mol. The molecular formula is C10H9NO3. The van der Waals surface area contributed by atoms with E-state index in [2.05, 4.69) is 4.98 Å². The molecule has 14 heavy (non-hydrogen) atoms. The molecule has 0 spiro atoms. The molecule has 0 aliphatic carbocycles. The van der Waals surface area contributed by atoms with Gasteiger partial charge in [-0.1, -0.05) is 12.1 Å². The Morgan fingerprint density at radius 2 is 2.14 bits per heavy atom. The van der Waals surface area contributed by atoms with Gasteiger partial charge in [-0.3, -0.25) is 4.79 Å². The number of nitrogens with one attached hydrogen (secondary N) is 1. The maximum Gasteiger partial charge on any atom is 0.259 e. The Morgan fingerprint density at radius 1 is 1.36 bits per heavy atom. The minimum atomic E-state index is -0.385. The van der Waals surface area contributed by atoms with Crippen LogP contribution in [0.3, 0.4) is 0 Å². The molecule has 1 aromatic heterocycles. The lowest BCUT2D eigenvalue weighted by Gasteiger charge is -2.01. The Labute approximate surface area is 79.4 Å². The number of benzene rings is 1. The molecule has 0 amide bonds. The lowest BCUT2D eigenvalue weighted by Crippen LogP contribution is -2.09. The van der Waals surface area contributed by atoms with Crippen LogP contribution in [0.1, 0.15) is 5.69 Å². The fourth-order valence-corrected chi connectivity index (χ4v) is 1.44. The highest BCUT2D eigenvalue weighted by Gasteiger charge is 2.04. The number of aromatic hydroxyl groups is 1. The number of phenols is 1. The van der Waals surface area contributed by atoms with Gasteiger partial charge in [-0.25, -0.2) is 0 Å². The van der Waals surface area contributed by atoms with E-state index in [0.717, 1.165) is 0 Å². The summed E-state index contributed by atoms with van der Waals surface area (Å²) < 4.78 is 0. The summed E-state index contributed by atoms with van der Waals surface area (Å²) in [5, 5.41) is 19.2. The van der Waals surface area contributed by atoms with Gasteiger partial charge in [0.25, 0.3) is 5.56 Å². The van der Waals surface area contributed by atoms with Crippen molar-refractivity contribution >= 4 is 10.8 Å². The first-order chi connectivity index (χ1) is 6.72. The molecule has 72 valence electrons. The summed E-state index contributed by atoms with van der Waals surface area (Å²) in [6.07, 6.45) is 0. The summed E-state index contributed by atoms with van der Waals surface area (Å²) in [6.45, 7) is -0.221. The average Bonchev–Trinajstić information content (AvgIpc) is 2.17. The molecule has 0 saturated carbocycles. The minimum absolute atomic E-state index is 0.0479. The first kappa shape index (κ1) is 8.77. The van der Waals surface area contributed by atoms with Crippen molar-refractivity contribution in [2.75, 3.05) is 0 Å². The van der Waals surface area contributed by atoms with Gasteiger partial charge in [-0.2, -0.15) is 0 Å². The van der Waals surface area contributed by atoms with Crippen LogP contribution in [0.5, 0.6) is 5.75 Å². The van der Waals surface area contributed by atoms with Crippen molar-refractivity contribution in [3.05, 3.63) is 40.3 Å².